The molecule has 176 valence electrons. The van der Waals surface area contributed by atoms with Gasteiger partial charge in [0.1, 0.15) is 22.9 Å². The molecule has 0 spiro atoms. The summed E-state index contributed by atoms with van der Waals surface area (Å²) in [5, 5.41) is 21.1. The van der Waals surface area contributed by atoms with E-state index < -0.39 is 62.7 Å². The number of anilines is 3. The summed E-state index contributed by atoms with van der Waals surface area (Å²) in [5.41, 5.74) is -0.638. The van der Waals surface area contributed by atoms with E-state index in [1.54, 1.807) is 13.0 Å². The van der Waals surface area contributed by atoms with Crippen LogP contribution in [0.4, 0.5) is 30.2 Å². The van der Waals surface area contributed by atoms with E-state index >= 15 is 0 Å². The quantitative estimate of drug-likeness (QED) is 0.420. The van der Waals surface area contributed by atoms with Gasteiger partial charge in [0, 0.05) is 25.2 Å². The molecule has 0 amide bonds. The molecule has 0 atom stereocenters. The number of nitrogens with one attached hydrogen (secondary N) is 2. The highest BCUT2D eigenvalue weighted by atomic mass is 32.2. The first kappa shape index (κ1) is 24.1. The van der Waals surface area contributed by atoms with Gasteiger partial charge in [-0.2, -0.15) is 0 Å². The van der Waals surface area contributed by atoms with E-state index in [0.717, 1.165) is 7.11 Å². The number of aliphatic hydroxyl groups excluding tert-OH is 2. The van der Waals surface area contributed by atoms with Gasteiger partial charge in [-0.1, -0.05) is 6.07 Å². The molecule has 2 aromatic carbocycles. The smallest absolute Gasteiger partial charge is 0.238 e. The number of methoxy groups -OCH3 is 1. The van der Waals surface area contributed by atoms with Crippen molar-refractivity contribution in [1.29, 1.82) is 0 Å². The van der Waals surface area contributed by atoms with E-state index in [0.29, 0.717) is 11.6 Å². The molecule has 0 aromatic heterocycles. The molecular formula is C21H25F3N2O5S. The second-order valence-corrected chi connectivity index (χ2v) is 10.0. The van der Waals surface area contributed by atoms with Crippen LogP contribution in [0.25, 0.3) is 0 Å². The van der Waals surface area contributed by atoms with Crippen LogP contribution in [0, 0.1) is 30.3 Å². The van der Waals surface area contributed by atoms with E-state index in [2.05, 4.69) is 10.0 Å². The van der Waals surface area contributed by atoms with Crippen molar-refractivity contribution in [2.75, 3.05) is 30.4 Å². The Hall–Kier alpha value is -2.50. The second-order valence-electron chi connectivity index (χ2n) is 7.96. The maximum absolute atomic E-state index is 14.8. The van der Waals surface area contributed by atoms with Gasteiger partial charge in [0.05, 0.1) is 17.5 Å². The standard InChI is InChI=1S/C21H25F3N2O5S/c1-12-3-4-16(14(22)7-12)25-20-18(24)15(23)8-17(31-2)19(20)26-32(29,30)21(5-6-21)9-13(10-27)11-28/h3-4,7-8,13,25-28H,5-6,9-11H2,1-2H3. The molecular weight excluding hydrogens is 449 g/mol. The number of ether oxygens (including phenoxy) is 1. The highest BCUT2D eigenvalue weighted by molar-refractivity contribution is 7.94. The van der Waals surface area contributed by atoms with Gasteiger partial charge >= 0.3 is 0 Å². The van der Waals surface area contributed by atoms with Crippen LogP contribution in [-0.4, -0.2) is 43.7 Å². The van der Waals surface area contributed by atoms with Crippen LogP contribution in [0.15, 0.2) is 24.3 Å². The normalized spacial score (nSPS) is 15.0. The molecule has 1 saturated carbocycles. The Kier molecular flexibility index (Phi) is 6.91. The van der Waals surface area contributed by atoms with Gasteiger partial charge in [-0.25, -0.2) is 21.6 Å². The number of benzene rings is 2. The van der Waals surface area contributed by atoms with Gasteiger partial charge in [0.25, 0.3) is 0 Å². The Morgan fingerprint density at radius 2 is 1.75 bits per heavy atom. The molecule has 0 saturated heterocycles. The lowest BCUT2D eigenvalue weighted by Crippen LogP contribution is -2.34. The van der Waals surface area contributed by atoms with Crippen LogP contribution < -0.4 is 14.8 Å². The maximum atomic E-state index is 14.8. The fourth-order valence-corrected chi connectivity index (χ4v) is 5.30. The van der Waals surface area contributed by atoms with Crippen LogP contribution in [0.3, 0.4) is 0 Å². The summed E-state index contributed by atoms with van der Waals surface area (Å²) in [6.45, 7) is 0.850. The summed E-state index contributed by atoms with van der Waals surface area (Å²) in [6, 6.07) is 4.74. The highest BCUT2D eigenvalue weighted by Gasteiger charge is 2.55. The Balaban J connectivity index is 2.04. The van der Waals surface area contributed by atoms with Crippen LogP contribution >= 0.6 is 0 Å². The third kappa shape index (κ3) is 4.64. The molecule has 32 heavy (non-hydrogen) atoms. The monoisotopic (exact) mass is 474 g/mol. The zero-order chi connectivity index (χ0) is 23.7. The van der Waals surface area contributed by atoms with Crippen molar-refractivity contribution in [3.63, 3.8) is 0 Å². The molecule has 1 aliphatic carbocycles. The van der Waals surface area contributed by atoms with E-state index in [9.17, 15) is 31.8 Å². The largest absolute Gasteiger partial charge is 0.494 e. The molecule has 1 aliphatic rings. The minimum Gasteiger partial charge on any atom is -0.494 e. The van der Waals surface area contributed by atoms with Crippen molar-refractivity contribution in [3.8, 4) is 5.75 Å². The van der Waals surface area contributed by atoms with Crippen LogP contribution in [0.5, 0.6) is 5.75 Å². The molecule has 0 aliphatic heterocycles. The number of halogens is 3. The molecule has 11 heteroatoms. The zero-order valence-corrected chi connectivity index (χ0v) is 18.4. The van der Waals surface area contributed by atoms with Crippen molar-refractivity contribution >= 4 is 27.1 Å². The first-order valence-corrected chi connectivity index (χ1v) is 11.4. The SMILES string of the molecule is COc1cc(F)c(F)c(Nc2ccc(C)cc2F)c1NS(=O)(=O)C1(CC(CO)CO)CC1. The highest BCUT2D eigenvalue weighted by Crippen LogP contribution is 2.50. The predicted molar refractivity (Wildman–Crippen MR) is 114 cm³/mol. The number of aryl methyl sites for hydroxylation is 1. The van der Waals surface area contributed by atoms with Crippen LogP contribution in [0.2, 0.25) is 0 Å². The molecule has 0 bridgehead atoms. The predicted octanol–water partition coefficient (Wildman–Crippen LogP) is 3.43. The number of hydrogen-bond acceptors (Lipinski definition) is 6. The number of aliphatic hydroxyl groups is 2. The third-order valence-electron chi connectivity index (χ3n) is 5.58. The molecule has 2 aromatic rings. The van der Waals surface area contributed by atoms with Crippen molar-refractivity contribution in [2.24, 2.45) is 5.92 Å². The number of hydrogen-bond donors (Lipinski definition) is 4. The molecule has 4 N–H and O–H groups in total. The first-order valence-electron chi connectivity index (χ1n) is 9.90. The summed E-state index contributed by atoms with van der Waals surface area (Å²) in [4.78, 5) is 0. The average molecular weight is 475 g/mol. The van der Waals surface area contributed by atoms with Crippen molar-refractivity contribution in [1.82, 2.24) is 0 Å². The van der Waals surface area contributed by atoms with Gasteiger partial charge in [-0.3, -0.25) is 4.72 Å². The first-order chi connectivity index (χ1) is 15.1. The summed E-state index contributed by atoms with van der Waals surface area (Å²) in [7, 11) is -3.03. The summed E-state index contributed by atoms with van der Waals surface area (Å²) < 4.78 is 75.7. The van der Waals surface area contributed by atoms with Gasteiger partial charge in [0.15, 0.2) is 11.6 Å². The Morgan fingerprint density at radius 3 is 2.28 bits per heavy atom. The van der Waals surface area contributed by atoms with E-state index in [1.807, 2.05) is 0 Å². The van der Waals surface area contributed by atoms with Crippen molar-refractivity contribution < 1.29 is 36.5 Å². The summed E-state index contributed by atoms with van der Waals surface area (Å²) >= 11 is 0. The van der Waals surface area contributed by atoms with Gasteiger partial charge in [-0.15, -0.1) is 0 Å². The van der Waals surface area contributed by atoms with Crippen LogP contribution in [0.1, 0.15) is 24.8 Å². The Labute approximate surface area is 184 Å². The number of sulfonamides is 1. The second kappa shape index (κ2) is 9.16. The summed E-state index contributed by atoms with van der Waals surface area (Å²) in [6.07, 6.45) is 0.511. The molecule has 7 nitrogen and oxygen atoms in total. The molecule has 3 rings (SSSR count). The average Bonchev–Trinajstić information content (AvgIpc) is 3.54. The molecule has 1 fully saturated rings. The van der Waals surface area contributed by atoms with Crippen LogP contribution in [-0.2, 0) is 10.0 Å². The lowest BCUT2D eigenvalue weighted by Gasteiger charge is -2.24. The third-order valence-corrected chi connectivity index (χ3v) is 7.77. The number of rotatable bonds is 10. The molecule has 0 unspecified atom stereocenters. The summed E-state index contributed by atoms with van der Waals surface area (Å²) in [5.74, 6) is -4.44. The fraction of sp³-hybridized carbons (Fsp3) is 0.429. The Morgan fingerprint density at radius 1 is 1.09 bits per heavy atom. The lowest BCUT2D eigenvalue weighted by atomic mass is 10.0. The van der Waals surface area contributed by atoms with Gasteiger partial charge in [-0.05, 0) is 43.9 Å². The Bertz CT molecular complexity index is 1100. The van der Waals surface area contributed by atoms with E-state index in [1.165, 1.54) is 12.1 Å². The molecule has 0 radical (unpaired) electrons. The van der Waals surface area contributed by atoms with Crippen molar-refractivity contribution in [3.05, 3.63) is 47.3 Å². The maximum Gasteiger partial charge on any atom is 0.238 e. The minimum atomic E-state index is -4.19. The molecule has 0 heterocycles. The van der Waals surface area contributed by atoms with Gasteiger partial charge in [0.2, 0.25) is 10.0 Å². The van der Waals surface area contributed by atoms with Crippen molar-refractivity contribution in [2.45, 2.75) is 30.9 Å². The fourth-order valence-electron chi connectivity index (χ4n) is 3.52. The lowest BCUT2D eigenvalue weighted by molar-refractivity contribution is 0.141. The minimum absolute atomic E-state index is 0.0172. The van der Waals surface area contributed by atoms with E-state index in [4.69, 9.17) is 4.74 Å². The van der Waals surface area contributed by atoms with E-state index in [-0.39, 0.29) is 30.7 Å². The topological polar surface area (TPSA) is 108 Å². The van der Waals surface area contributed by atoms with Gasteiger partial charge < -0.3 is 20.3 Å². The zero-order valence-electron chi connectivity index (χ0n) is 17.6.